The van der Waals surface area contributed by atoms with Crippen LogP contribution in [0.1, 0.15) is 23.2 Å². The molecule has 0 unspecified atom stereocenters. The number of amides is 1. The smallest absolute Gasteiger partial charge is 0.256 e. The molecular weight excluding hydrogens is 464 g/mol. The van der Waals surface area contributed by atoms with Gasteiger partial charge < -0.3 is 19.5 Å². The van der Waals surface area contributed by atoms with Crippen LogP contribution in [0.25, 0.3) is 0 Å². The molecule has 2 fully saturated rings. The second kappa shape index (κ2) is 10.9. The molecule has 2 aliphatic heterocycles. The van der Waals surface area contributed by atoms with Crippen LogP contribution in [-0.2, 0) is 19.5 Å². The molecule has 1 N–H and O–H groups in total. The highest BCUT2D eigenvalue weighted by Gasteiger charge is 2.27. The number of nitrogens with one attached hydrogen (secondary N) is 1. The molecule has 2 aromatic rings. The Morgan fingerprint density at radius 2 is 1.97 bits per heavy atom. The fourth-order valence-corrected chi connectivity index (χ4v) is 6.36. The lowest BCUT2D eigenvalue weighted by atomic mass is 10.2. The summed E-state index contributed by atoms with van der Waals surface area (Å²) in [6.07, 6.45) is 2.30. The molecule has 0 aliphatic carbocycles. The average molecular weight is 493 g/mol. The number of carbonyl (C=O) groups excluding carboxylic acids is 1. The Bertz CT molecular complexity index is 1080. The van der Waals surface area contributed by atoms with E-state index in [0.717, 1.165) is 30.1 Å². The minimum Gasteiger partial charge on any atom is -0.495 e. The Kier molecular flexibility index (Phi) is 7.92. The van der Waals surface area contributed by atoms with Gasteiger partial charge in [0.1, 0.15) is 5.75 Å². The topological polar surface area (TPSA) is 94.2 Å². The minimum atomic E-state index is -3.71. The third-order valence-corrected chi connectivity index (χ3v) is 8.71. The Morgan fingerprint density at radius 3 is 2.70 bits per heavy atom. The van der Waals surface area contributed by atoms with Crippen LogP contribution in [0.3, 0.4) is 0 Å². The molecule has 2 heterocycles. The first kappa shape index (κ1) is 24.0. The zero-order valence-corrected chi connectivity index (χ0v) is 20.1. The number of methoxy groups -OCH3 is 1. The number of rotatable bonds is 8. The normalized spacial score (nSPS) is 19.4. The van der Waals surface area contributed by atoms with Crippen LogP contribution in [0.2, 0.25) is 0 Å². The largest absolute Gasteiger partial charge is 0.495 e. The minimum absolute atomic E-state index is 0.0987. The molecule has 33 heavy (non-hydrogen) atoms. The molecule has 0 radical (unpaired) electrons. The van der Waals surface area contributed by atoms with Crippen molar-refractivity contribution in [3.8, 4) is 5.75 Å². The van der Waals surface area contributed by atoms with Gasteiger partial charge in [0, 0.05) is 30.3 Å². The zero-order valence-electron chi connectivity index (χ0n) is 18.5. The first-order valence-corrected chi connectivity index (χ1v) is 13.3. The average Bonchev–Trinajstić information content (AvgIpc) is 3.37. The van der Waals surface area contributed by atoms with E-state index in [9.17, 15) is 13.2 Å². The Hall–Kier alpha value is -2.11. The summed E-state index contributed by atoms with van der Waals surface area (Å²) in [4.78, 5) is 14.1. The van der Waals surface area contributed by atoms with Crippen LogP contribution in [0.4, 0.5) is 5.69 Å². The van der Waals surface area contributed by atoms with Crippen molar-refractivity contribution in [1.82, 2.24) is 4.31 Å². The molecule has 1 amide bonds. The van der Waals surface area contributed by atoms with Crippen LogP contribution in [0.15, 0.2) is 52.3 Å². The predicted octanol–water partition coefficient (Wildman–Crippen LogP) is 3.24. The van der Waals surface area contributed by atoms with Crippen molar-refractivity contribution in [1.29, 1.82) is 0 Å². The lowest BCUT2D eigenvalue weighted by Crippen LogP contribution is -2.40. The highest BCUT2D eigenvalue weighted by Crippen LogP contribution is 2.31. The molecule has 1 atom stereocenters. The summed E-state index contributed by atoms with van der Waals surface area (Å²) < 4.78 is 43.8. The fourth-order valence-electron chi connectivity index (χ4n) is 3.81. The van der Waals surface area contributed by atoms with Crippen LogP contribution in [0, 0.1) is 0 Å². The highest BCUT2D eigenvalue weighted by molar-refractivity contribution is 7.99. The maximum atomic E-state index is 13.2. The fraction of sp³-hybridized carbons (Fsp3) is 0.435. The van der Waals surface area contributed by atoms with E-state index in [4.69, 9.17) is 14.2 Å². The van der Waals surface area contributed by atoms with Gasteiger partial charge in [0.25, 0.3) is 5.91 Å². The van der Waals surface area contributed by atoms with Crippen molar-refractivity contribution in [2.75, 3.05) is 51.1 Å². The van der Waals surface area contributed by atoms with E-state index < -0.39 is 10.0 Å². The number of hydrogen-bond donors (Lipinski definition) is 1. The maximum absolute atomic E-state index is 13.2. The number of nitrogens with zero attached hydrogens (tertiary/aromatic N) is 1. The quantitative estimate of drug-likeness (QED) is 0.566. The number of thioether (sulfide) groups is 1. The summed E-state index contributed by atoms with van der Waals surface area (Å²) in [7, 11) is -2.23. The SMILES string of the molecule is COc1ccc(S(=O)(=O)N2CCOCC2)cc1NC(=O)c1ccccc1SC[C@H]1CCCO1. The third-order valence-electron chi connectivity index (χ3n) is 5.61. The number of sulfonamides is 1. The van der Waals surface area contributed by atoms with Gasteiger partial charge in [-0.25, -0.2) is 8.42 Å². The number of anilines is 1. The molecule has 0 saturated carbocycles. The van der Waals surface area contributed by atoms with Gasteiger partial charge in [-0.3, -0.25) is 4.79 Å². The van der Waals surface area contributed by atoms with E-state index in [1.54, 1.807) is 23.9 Å². The maximum Gasteiger partial charge on any atom is 0.256 e. The molecule has 0 aromatic heterocycles. The van der Waals surface area contributed by atoms with Crippen molar-refractivity contribution in [2.24, 2.45) is 0 Å². The standard InChI is InChI=1S/C23H28N2O6S2/c1-29-21-9-8-18(33(27,28)25-10-13-30-14-11-25)15-20(21)24-23(26)19-6-2-3-7-22(19)32-16-17-5-4-12-31-17/h2-3,6-9,15,17H,4-5,10-14,16H2,1H3,(H,24,26)/t17-/m1/s1. The van der Waals surface area contributed by atoms with Crippen LogP contribution >= 0.6 is 11.8 Å². The van der Waals surface area contributed by atoms with Gasteiger partial charge >= 0.3 is 0 Å². The number of benzene rings is 2. The van der Waals surface area contributed by atoms with Crippen LogP contribution in [0.5, 0.6) is 5.75 Å². The molecule has 2 saturated heterocycles. The Morgan fingerprint density at radius 1 is 1.18 bits per heavy atom. The molecule has 0 bridgehead atoms. The molecule has 0 spiro atoms. The van der Waals surface area contributed by atoms with E-state index in [2.05, 4.69) is 5.32 Å². The van der Waals surface area contributed by atoms with E-state index in [1.807, 2.05) is 18.2 Å². The lowest BCUT2D eigenvalue weighted by molar-refractivity contribution is 0.0730. The number of ether oxygens (including phenoxy) is 3. The predicted molar refractivity (Wildman–Crippen MR) is 127 cm³/mol. The molecule has 2 aliphatic rings. The summed E-state index contributed by atoms with van der Waals surface area (Å²) in [6.45, 7) is 2.10. The number of carbonyl (C=O) groups is 1. The van der Waals surface area contributed by atoms with Gasteiger partial charge in [-0.1, -0.05) is 12.1 Å². The second-order valence-electron chi connectivity index (χ2n) is 7.77. The van der Waals surface area contributed by atoms with Crippen molar-refractivity contribution in [2.45, 2.75) is 28.7 Å². The van der Waals surface area contributed by atoms with Crippen molar-refractivity contribution >= 4 is 33.4 Å². The van der Waals surface area contributed by atoms with Gasteiger partial charge in [0.2, 0.25) is 10.0 Å². The lowest BCUT2D eigenvalue weighted by Gasteiger charge is -2.26. The van der Waals surface area contributed by atoms with Gasteiger partial charge in [-0.2, -0.15) is 4.31 Å². The monoisotopic (exact) mass is 492 g/mol. The molecule has 10 heteroatoms. The molecule has 2 aromatic carbocycles. The first-order chi connectivity index (χ1) is 16.0. The second-order valence-corrected chi connectivity index (χ2v) is 10.8. The summed E-state index contributed by atoms with van der Waals surface area (Å²) in [6, 6.07) is 11.9. The van der Waals surface area contributed by atoms with Crippen LogP contribution in [-0.4, -0.2) is 70.5 Å². The summed E-state index contributed by atoms with van der Waals surface area (Å²) in [5.74, 6) is 0.833. The molecular formula is C23H28N2O6S2. The van der Waals surface area contributed by atoms with Gasteiger partial charge in [0.15, 0.2) is 0 Å². The van der Waals surface area contributed by atoms with E-state index >= 15 is 0 Å². The first-order valence-electron chi connectivity index (χ1n) is 10.9. The van der Waals surface area contributed by atoms with Crippen molar-refractivity contribution in [3.05, 3.63) is 48.0 Å². The van der Waals surface area contributed by atoms with Crippen molar-refractivity contribution < 1.29 is 27.4 Å². The molecule has 8 nitrogen and oxygen atoms in total. The Labute approximate surface area is 198 Å². The van der Waals surface area contributed by atoms with E-state index in [1.165, 1.54) is 23.5 Å². The number of hydrogen-bond acceptors (Lipinski definition) is 7. The summed E-state index contributed by atoms with van der Waals surface area (Å²) >= 11 is 1.59. The van der Waals surface area contributed by atoms with E-state index in [0.29, 0.717) is 43.3 Å². The summed E-state index contributed by atoms with van der Waals surface area (Å²) in [5.41, 5.74) is 0.819. The zero-order chi connectivity index (χ0) is 23.3. The summed E-state index contributed by atoms with van der Waals surface area (Å²) in [5, 5.41) is 2.85. The molecule has 4 rings (SSSR count). The van der Waals surface area contributed by atoms with Crippen LogP contribution < -0.4 is 10.1 Å². The van der Waals surface area contributed by atoms with Gasteiger partial charge in [-0.15, -0.1) is 11.8 Å². The highest BCUT2D eigenvalue weighted by atomic mass is 32.2. The van der Waals surface area contributed by atoms with E-state index in [-0.39, 0.29) is 16.9 Å². The molecule has 178 valence electrons. The van der Waals surface area contributed by atoms with Crippen molar-refractivity contribution in [3.63, 3.8) is 0 Å². The van der Waals surface area contributed by atoms with Gasteiger partial charge in [-0.05, 0) is 43.2 Å². The Balaban J connectivity index is 1.54. The number of morpholine rings is 1. The van der Waals surface area contributed by atoms with Gasteiger partial charge in [0.05, 0.1) is 42.6 Å². The third kappa shape index (κ3) is 5.70.